The third kappa shape index (κ3) is 3.12. The highest BCUT2D eigenvalue weighted by molar-refractivity contribution is 4.94. The zero-order chi connectivity index (χ0) is 10.4. The molecule has 0 bridgehead atoms. The SMILES string of the molecule is C=CC(N)N(C(O)C=C)C(O)C=C. The summed E-state index contributed by atoms with van der Waals surface area (Å²) in [5.74, 6) is 0. The first-order valence-corrected chi connectivity index (χ1v) is 3.85. The minimum absolute atomic E-state index is 0.652. The van der Waals surface area contributed by atoms with Crippen molar-refractivity contribution in [2.45, 2.75) is 18.6 Å². The number of aliphatic hydroxyl groups excluding tert-OH is 2. The molecule has 0 aliphatic carbocycles. The van der Waals surface area contributed by atoms with E-state index >= 15 is 0 Å². The Hall–Kier alpha value is -0.940. The molecule has 74 valence electrons. The van der Waals surface area contributed by atoms with Gasteiger partial charge >= 0.3 is 0 Å². The lowest BCUT2D eigenvalue weighted by molar-refractivity contribution is -0.0709. The Morgan fingerprint density at radius 3 is 1.62 bits per heavy atom. The minimum atomic E-state index is -1.03. The highest BCUT2D eigenvalue weighted by Crippen LogP contribution is 2.07. The molecule has 0 fully saturated rings. The summed E-state index contributed by atoms with van der Waals surface area (Å²) in [7, 11) is 0. The molecular weight excluding hydrogens is 168 g/mol. The van der Waals surface area contributed by atoms with E-state index in [4.69, 9.17) is 5.73 Å². The molecule has 0 rings (SSSR count). The second-order valence-electron chi connectivity index (χ2n) is 2.47. The van der Waals surface area contributed by atoms with Gasteiger partial charge in [0.15, 0.2) is 0 Å². The van der Waals surface area contributed by atoms with E-state index in [1.165, 1.54) is 23.1 Å². The van der Waals surface area contributed by atoms with Gasteiger partial charge < -0.3 is 15.9 Å². The van der Waals surface area contributed by atoms with Crippen LogP contribution in [0.3, 0.4) is 0 Å². The van der Waals surface area contributed by atoms with E-state index in [0.717, 1.165) is 0 Å². The van der Waals surface area contributed by atoms with Crippen molar-refractivity contribution in [3.05, 3.63) is 38.0 Å². The quantitative estimate of drug-likeness (QED) is 0.394. The molecule has 0 heterocycles. The molecule has 0 amide bonds. The number of nitrogens with zero attached hydrogens (tertiary/aromatic N) is 1. The second-order valence-corrected chi connectivity index (χ2v) is 2.47. The fourth-order valence-electron chi connectivity index (χ4n) is 0.874. The molecule has 3 atom stereocenters. The van der Waals surface area contributed by atoms with Gasteiger partial charge in [0.2, 0.25) is 0 Å². The van der Waals surface area contributed by atoms with Gasteiger partial charge in [0.25, 0.3) is 0 Å². The highest BCUT2D eigenvalue weighted by Gasteiger charge is 2.22. The van der Waals surface area contributed by atoms with Crippen molar-refractivity contribution in [1.29, 1.82) is 0 Å². The molecule has 0 radical (unpaired) electrons. The fourth-order valence-corrected chi connectivity index (χ4v) is 0.874. The minimum Gasteiger partial charge on any atom is -0.375 e. The van der Waals surface area contributed by atoms with Crippen LogP contribution in [0.4, 0.5) is 0 Å². The third-order valence-corrected chi connectivity index (χ3v) is 1.62. The smallest absolute Gasteiger partial charge is 0.130 e. The van der Waals surface area contributed by atoms with Crippen molar-refractivity contribution in [1.82, 2.24) is 4.90 Å². The van der Waals surface area contributed by atoms with Crippen molar-refractivity contribution in [3.63, 3.8) is 0 Å². The average Bonchev–Trinajstić information content (AvgIpc) is 2.16. The predicted molar refractivity (Wildman–Crippen MR) is 52.4 cm³/mol. The normalized spacial score (nSPS) is 17.5. The summed E-state index contributed by atoms with van der Waals surface area (Å²) in [5, 5.41) is 18.8. The van der Waals surface area contributed by atoms with Crippen LogP contribution in [0.5, 0.6) is 0 Å². The lowest BCUT2D eigenvalue weighted by atomic mass is 10.3. The van der Waals surface area contributed by atoms with Crippen LogP contribution in [-0.2, 0) is 0 Å². The monoisotopic (exact) mass is 184 g/mol. The number of hydrogen-bond acceptors (Lipinski definition) is 4. The maximum absolute atomic E-state index is 9.39. The van der Waals surface area contributed by atoms with Crippen LogP contribution < -0.4 is 5.73 Å². The van der Waals surface area contributed by atoms with Crippen molar-refractivity contribution < 1.29 is 10.2 Å². The van der Waals surface area contributed by atoms with E-state index < -0.39 is 18.6 Å². The molecule has 13 heavy (non-hydrogen) atoms. The van der Waals surface area contributed by atoms with Crippen LogP contribution in [-0.4, -0.2) is 33.7 Å². The van der Waals surface area contributed by atoms with Gasteiger partial charge in [-0.05, 0) is 12.2 Å². The van der Waals surface area contributed by atoms with Crippen LogP contribution >= 0.6 is 0 Å². The lowest BCUT2D eigenvalue weighted by Crippen LogP contribution is -2.51. The lowest BCUT2D eigenvalue weighted by Gasteiger charge is -2.32. The summed E-state index contributed by atoms with van der Waals surface area (Å²) in [6.07, 6.45) is 1.22. The second kappa shape index (κ2) is 5.66. The zero-order valence-corrected chi connectivity index (χ0v) is 7.50. The molecule has 0 aliphatic heterocycles. The number of hydrogen-bond donors (Lipinski definition) is 3. The Morgan fingerprint density at radius 1 is 1.00 bits per heavy atom. The first-order chi connectivity index (χ1) is 6.08. The maximum Gasteiger partial charge on any atom is 0.130 e. The van der Waals surface area contributed by atoms with Gasteiger partial charge in [-0.1, -0.05) is 19.2 Å². The maximum atomic E-state index is 9.39. The molecule has 0 spiro atoms. The van der Waals surface area contributed by atoms with Gasteiger partial charge in [0, 0.05) is 0 Å². The molecule has 0 saturated carbocycles. The Bertz CT molecular complexity index is 161. The van der Waals surface area contributed by atoms with Crippen LogP contribution in [0, 0.1) is 0 Å². The number of aliphatic hydroxyl groups is 2. The van der Waals surface area contributed by atoms with Crippen molar-refractivity contribution in [2.24, 2.45) is 5.73 Å². The summed E-state index contributed by atoms with van der Waals surface area (Å²) in [6.45, 7) is 10.2. The van der Waals surface area contributed by atoms with E-state index in [0.29, 0.717) is 0 Å². The molecule has 3 unspecified atom stereocenters. The zero-order valence-electron chi connectivity index (χ0n) is 7.50. The van der Waals surface area contributed by atoms with Gasteiger partial charge in [-0.3, -0.25) is 0 Å². The Labute approximate surface area is 78.3 Å². The summed E-state index contributed by atoms with van der Waals surface area (Å²) < 4.78 is 0. The molecule has 0 saturated heterocycles. The van der Waals surface area contributed by atoms with Crippen LogP contribution in [0.25, 0.3) is 0 Å². The van der Waals surface area contributed by atoms with E-state index in [9.17, 15) is 10.2 Å². The Morgan fingerprint density at radius 2 is 1.38 bits per heavy atom. The average molecular weight is 184 g/mol. The fraction of sp³-hybridized carbons (Fsp3) is 0.333. The molecule has 4 nitrogen and oxygen atoms in total. The third-order valence-electron chi connectivity index (χ3n) is 1.62. The molecule has 0 aromatic rings. The van der Waals surface area contributed by atoms with E-state index in [-0.39, 0.29) is 0 Å². The predicted octanol–water partition coefficient (Wildman–Crippen LogP) is -0.232. The summed E-state index contributed by atoms with van der Waals surface area (Å²) in [4.78, 5) is 1.20. The topological polar surface area (TPSA) is 69.7 Å². The number of rotatable bonds is 6. The van der Waals surface area contributed by atoms with E-state index in [1.807, 2.05) is 0 Å². The highest BCUT2D eigenvalue weighted by atomic mass is 16.3. The van der Waals surface area contributed by atoms with Crippen molar-refractivity contribution in [3.8, 4) is 0 Å². The van der Waals surface area contributed by atoms with Gasteiger partial charge in [-0.15, -0.1) is 6.58 Å². The first kappa shape index (κ1) is 12.1. The number of nitrogens with two attached hydrogens (primary N) is 1. The summed E-state index contributed by atoms with van der Waals surface area (Å²) >= 11 is 0. The van der Waals surface area contributed by atoms with Gasteiger partial charge in [-0.25, -0.2) is 4.90 Å². The van der Waals surface area contributed by atoms with E-state index in [1.54, 1.807) is 0 Å². The van der Waals surface area contributed by atoms with Gasteiger partial charge in [0.1, 0.15) is 12.5 Å². The molecule has 0 aromatic carbocycles. The summed E-state index contributed by atoms with van der Waals surface area (Å²) in [6, 6.07) is 0. The van der Waals surface area contributed by atoms with E-state index in [2.05, 4.69) is 19.7 Å². The molecule has 0 aromatic heterocycles. The van der Waals surface area contributed by atoms with Crippen molar-refractivity contribution in [2.75, 3.05) is 0 Å². The van der Waals surface area contributed by atoms with Crippen LogP contribution in [0.15, 0.2) is 38.0 Å². The molecule has 4 N–H and O–H groups in total. The summed E-state index contributed by atoms with van der Waals surface area (Å²) in [5.41, 5.74) is 5.56. The molecular formula is C9H16N2O2. The van der Waals surface area contributed by atoms with Gasteiger partial charge in [0.05, 0.1) is 6.17 Å². The molecule has 4 heteroatoms. The van der Waals surface area contributed by atoms with Crippen LogP contribution in [0.2, 0.25) is 0 Å². The Kier molecular flexibility index (Phi) is 5.25. The standard InChI is InChI=1S/C9H16N2O2/c1-4-7(10)11(8(12)5-2)9(13)6-3/h4-9,12-13H,1-3,10H2. The van der Waals surface area contributed by atoms with Crippen molar-refractivity contribution >= 4 is 0 Å². The molecule has 0 aliphatic rings. The van der Waals surface area contributed by atoms with Gasteiger partial charge in [-0.2, -0.15) is 0 Å². The Balaban J connectivity index is 4.61. The first-order valence-electron chi connectivity index (χ1n) is 3.85. The van der Waals surface area contributed by atoms with Crippen LogP contribution in [0.1, 0.15) is 0 Å². The largest absolute Gasteiger partial charge is 0.375 e.